The molecule has 0 heterocycles. The third-order valence-electron chi connectivity index (χ3n) is 4.28. The molecular formula is C20H29N3O5S2. The van der Waals surface area contributed by atoms with Gasteiger partial charge in [0.15, 0.2) is 0 Å². The summed E-state index contributed by atoms with van der Waals surface area (Å²) < 4.78 is 48.7. The van der Waals surface area contributed by atoms with Crippen molar-refractivity contribution in [1.29, 1.82) is 0 Å². The normalized spacial score (nSPS) is 13.1. The van der Waals surface area contributed by atoms with Crippen molar-refractivity contribution in [2.45, 2.75) is 44.6 Å². The number of nitrogens with one attached hydrogen (secondary N) is 3. The summed E-state index contributed by atoms with van der Waals surface area (Å²) in [5.41, 5.74) is 1.80. The molecule has 2 rings (SSSR count). The highest BCUT2D eigenvalue weighted by Crippen LogP contribution is 2.51. The molecule has 2 aromatic carbocycles. The first-order valence-electron chi connectivity index (χ1n) is 9.30. The van der Waals surface area contributed by atoms with Crippen molar-refractivity contribution in [2.24, 2.45) is 0 Å². The monoisotopic (exact) mass is 455 g/mol. The van der Waals surface area contributed by atoms with E-state index in [1.807, 2.05) is 0 Å². The summed E-state index contributed by atoms with van der Waals surface area (Å²) in [4.78, 5) is 12.4. The van der Waals surface area contributed by atoms with Crippen LogP contribution in [0.25, 0.3) is 0 Å². The number of rotatable bonds is 7. The van der Waals surface area contributed by atoms with Crippen molar-refractivity contribution >= 4 is 43.8 Å². The van der Waals surface area contributed by atoms with E-state index in [4.69, 9.17) is 0 Å². The Morgan fingerprint density at radius 2 is 1.27 bits per heavy atom. The van der Waals surface area contributed by atoms with Gasteiger partial charge in [-0.2, -0.15) is 0 Å². The van der Waals surface area contributed by atoms with Gasteiger partial charge in [0.05, 0.1) is 15.7 Å². The van der Waals surface area contributed by atoms with Crippen LogP contribution in [0.3, 0.4) is 0 Å². The first kappa shape index (κ1) is 24.0. The summed E-state index contributed by atoms with van der Waals surface area (Å²) >= 11 is 0. The molecule has 0 bridgehead atoms. The van der Waals surface area contributed by atoms with Gasteiger partial charge in [0, 0.05) is 16.9 Å². The lowest BCUT2D eigenvalue weighted by atomic mass is 10.2. The van der Waals surface area contributed by atoms with Gasteiger partial charge in [-0.15, -0.1) is 10.8 Å². The zero-order valence-corrected chi connectivity index (χ0v) is 19.3. The second-order valence-corrected chi connectivity index (χ2v) is 12.8. The number of hydrogen-bond donors (Lipinski definition) is 5. The number of carbonyl (C=O) groups excluding carboxylic acids is 1. The van der Waals surface area contributed by atoms with E-state index < -0.39 is 30.8 Å². The lowest BCUT2D eigenvalue weighted by Gasteiger charge is -2.44. The second kappa shape index (κ2) is 8.84. The highest BCUT2D eigenvalue weighted by Gasteiger charge is 2.29. The Kier molecular flexibility index (Phi) is 7.08. The summed E-state index contributed by atoms with van der Waals surface area (Å²) in [5, 5.41) is 2.18. The summed E-state index contributed by atoms with van der Waals surface area (Å²) in [7, 11) is -6.49. The molecule has 0 atom stereocenters. The van der Waals surface area contributed by atoms with E-state index in [-0.39, 0.29) is 5.91 Å². The van der Waals surface area contributed by atoms with Gasteiger partial charge in [-0.05, 0) is 83.1 Å². The number of sulfonamides is 1. The Balaban J connectivity index is 2.03. The lowest BCUT2D eigenvalue weighted by Crippen LogP contribution is -2.29. The maximum atomic E-state index is 12.4. The molecule has 166 valence electrons. The van der Waals surface area contributed by atoms with Crippen LogP contribution in [-0.4, -0.2) is 33.4 Å². The third kappa shape index (κ3) is 6.11. The smallest absolute Gasteiger partial charge is 0.255 e. The molecule has 0 unspecified atom stereocenters. The number of amides is 1. The van der Waals surface area contributed by atoms with Gasteiger partial charge in [0.25, 0.3) is 5.91 Å². The number of carbonyl (C=O) groups is 1. The highest BCUT2D eigenvalue weighted by molar-refractivity contribution is 8.26. The summed E-state index contributed by atoms with van der Waals surface area (Å²) in [6.45, 7) is 8.34. The summed E-state index contributed by atoms with van der Waals surface area (Å²) in [5.74, 6) is -0.354. The van der Waals surface area contributed by atoms with Gasteiger partial charge < -0.3 is 5.32 Å². The van der Waals surface area contributed by atoms with Gasteiger partial charge in [-0.1, -0.05) is 0 Å². The molecule has 0 radical (unpaired) electrons. The topological polar surface area (TPSA) is 128 Å². The number of anilines is 3. The SMILES string of the molecule is CC(C)S(=O)(=O)Nc1ccc(C(=O)Nc2ccc(NS(O)(O)C(C)(C)C)cc2)cc1. The largest absolute Gasteiger partial charge is 0.322 e. The predicted molar refractivity (Wildman–Crippen MR) is 125 cm³/mol. The number of benzene rings is 2. The molecule has 0 aliphatic heterocycles. The van der Waals surface area contributed by atoms with Crippen LogP contribution in [0.5, 0.6) is 0 Å². The fourth-order valence-electron chi connectivity index (χ4n) is 2.11. The molecule has 5 N–H and O–H groups in total. The van der Waals surface area contributed by atoms with E-state index >= 15 is 0 Å². The van der Waals surface area contributed by atoms with Gasteiger partial charge in [0.1, 0.15) is 0 Å². The Bertz CT molecular complexity index is 981. The molecule has 1 amide bonds. The number of hydrogen-bond acceptors (Lipinski definition) is 6. The third-order valence-corrected chi connectivity index (χ3v) is 8.27. The fraction of sp³-hybridized carbons (Fsp3) is 0.350. The molecule has 2 aromatic rings. The van der Waals surface area contributed by atoms with Crippen LogP contribution in [0.15, 0.2) is 48.5 Å². The van der Waals surface area contributed by atoms with E-state index in [1.165, 1.54) is 24.3 Å². The van der Waals surface area contributed by atoms with Crippen molar-refractivity contribution in [2.75, 3.05) is 14.8 Å². The fourth-order valence-corrected chi connectivity index (χ4v) is 3.59. The Morgan fingerprint density at radius 3 is 1.73 bits per heavy atom. The quantitative estimate of drug-likeness (QED) is 0.401. The first-order chi connectivity index (χ1) is 13.7. The van der Waals surface area contributed by atoms with Crippen LogP contribution in [0.2, 0.25) is 0 Å². The van der Waals surface area contributed by atoms with E-state index in [0.717, 1.165) is 0 Å². The minimum Gasteiger partial charge on any atom is -0.322 e. The van der Waals surface area contributed by atoms with Crippen LogP contribution >= 0.6 is 10.8 Å². The standard InChI is InChI=1S/C20H29N3O5S2/c1-14(2)29(25,26)22-17-8-6-15(7-9-17)19(24)21-16-10-12-18(13-11-16)23-30(27,28)20(3,4)5/h6-14,22-23,27-28H,1-5H3,(H,21,24). The average Bonchev–Trinajstić information content (AvgIpc) is 2.62. The Labute approximate surface area is 179 Å². The Hall–Kier alpha value is -2.27. The van der Waals surface area contributed by atoms with Crippen molar-refractivity contribution < 1.29 is 22.3 Å². The molecule has 0 saturated carbocycles. The molecule has 0 aliphatic rings. The van der Waals surface area contributed by atoms with Crippen molar-refractivity contribution in [1.82, 2.24) is 0 Å². The van der Waals surface area contributed by atoms with Crippen molar-refractivity contribution in [3.63, 3.8) is 0 Å². The average molecular weight is 456 g/mol. The lowest BCUT2D eigenvalue weighted by molar-refractivity contribution is 0.102. The van der Waals surface area contributed by atoms with Crippen molar-refractivity contribution in [3.05, 3.63) is 54.1 Å². The maximum Gasteiger partial charge on any atom is 0.255 e. The molecule has 30 heavy (non-hydrogen) atoms. The highest BCUT2D eigenvalue weighted by atomic mass is 32.3. The van der Waals surface area contributed by atoms with Crippen LogP contribution in [-0.2, 0) is 10.0 Å². The molecule has 0 fully saturated rings. The van der Waals surface area contributed by atoms with E-state index in [2.05, 4.69) is 14.8 Å². The predicted octanol–water partition coefficient (Wildman–Crippen LogP) is 4.97. The van der Waals surface area contributed by atoms with Crippen LogP contribution < -0.4 is 14.8 Å². The van der Waals surface area contributed by atoms with Gasteiger partial charge in [-0.25, -0.2) is 8.42 Å². The molecule has 0 aromatic heterocycles. The summed E-state index contributed by atoms with van der Waals surface area (Å²) in [6.07, 6.45) is 0. The second-order valence-electron chi connectivity index (χ2n) is 8.07. The van der Waals surface area contributed by atoms with E-state index in [1.54, 1.807) is 58.9 Å². The molecular weight excluding hydrogens is 426 g/mol. The molecule has 8 nitrogen and oxygen atoms in total. The van der Waals surface area contributed by atoms with Crippen LogP contribution in [0, 0.1) is 0 Å². The minimum absolute atomic E-state index is 0.354. The van der Waals surface area contributed by atoms with Gasteiger partial charge >= 0.3 is 0 Å². The minimum atomic E-state index is -3.45. The Morgan fingerprint density at radius 1 is 0.833 bits per heavy atom. The van der Waals surface area contributed by atoms with E-state index in [9.17, 15) is 22.3 Å². The van der Waals surface area contributed by atoms with E-state index in [0.29, 0.717) is 22.6 Å². The van der Waals surface area contributed by atoms with Crippen LogP contribution in [0.1, 0.15) is 45.0 Å². The molecule has 0 spiro atoms. The first-order valence-corrected chi connectivity index (χ1v) is 12.4. The maximum absolute atomic E-state index is 12.4. The molecule has 10 heteroatoms. The van der Waals surface area contributed by atoms with Crippen LogP contribution in [0.4, 0.5) is 17.1 Å². The zero-order chi connectivity index (χ0) is 22.7. The zero-order valence-electron chi connectivity index (χ0n) is 17.6. The van der Waals surface area contributed by atoms with Gasteiger partial charge in [0.2, 0.25) is 10.0 Å². The summed E-state index contributed by atoms with van der Waals surface area (Å²) in [6, 6.07) is 12.7. The van der Waals surface area contributed by atoms with Crippen molar-refractivity contribution in [3.8, 4) is 0 Å². The van der Waals surface area contributed by atoms with Gasteiger partial charge in [-0.3, -0.25) is 23.3 Å². The molecule has 0 saturated heterocycles. The molecule has 0 aliphatic carbocycles.